The fourth-order valence-corrected chi connectivity index (χ4v) is 30.5. The van der Waals surface area contributed by atoms with Crippen LogP contribution in [0, 0.1) is 0 Å². The topological polar surface area (TPSA) is 4.93 Å². The van der Waals surface area contributed by atoms with Gasteiger partial charge < -0.3 is 0 Å². The average Bonchev–Trinajstić information content (AvgIpc) is 3.58. The summed E-state index contributed by atoms with van der Waals surface area (Å²) < 4.78 is 8.73. The van der Waals surface area contributed by atoms with Gasteiger partial charge in [-0.2, -0.15) is 0 Å². The average molecular weight is 903 g/mol. The third-order valence-electron chi connectivity index (χ3n) is 13.4. The van der Waals surface area contributed by atoms with Crippen LogP contribution in [0.2, 0.25) is 13.3 Å². The van der Waals surface area contributed by atoms with E-state index in [9.17, 15) is 0 Å². The Labute approximate surface area is 362 Å². The summed E-state index contributed by atoms with van der Waals surface area (Å²) in [7, 11) is -2.72. The van der Waals surface area contributed by atoms with Crippen LogP contribution in [0.3, 0.4) is 0 Å². The third kappa shape index (κ3) is 8.56. The molecular weight excluding hydrogens is 833 g/mol. The van der Waals surface area contributed by atoms with Crippen LogP contribution < -0.4 is 24.3 Å². The molecule has 6 aromatic carbocycles. The van der Waals surface area contributed by atoms with Crippen LogP contribution in [0.5, 0.6) is 0 Å². The molecule has 0 aliphatic carbocycles. The van der Waals surface area contributed by atoms with Crippen molar-refractivity contribution in [3.05, 3.63) is 157 Å². The number of hydrogen-bond acceptors (Lipinski definition) is 0. The number of unbranched alkanes of at least 4 members (excludes halogenated alkanes) is 3. The van der Waals surface area contributed by atoms with Crippen molar-refractivity contribution in [3.63, 3.8) is 0 Å². The van der Waals surface area contributed by atoms with E-state index >= 15 is 0 Å². The van der Waals surface area contributed by atoms with Gasteiger partial charge in [0.1, 0.15) is 0 Å². The van der Waals surface area contributed by atoms with Gasteiger partial charge in [-0.15, -0.1) is 0 Å². The van der Waals surface area contributed by atoms with Crippen molar-refractivity contribution in [2.75, 3.05) is 0 Å². The van der Waals surface area contributed by atoms with E-state index in [4.69, 9.17) is 0 Å². The maximum absolute atomic E-state index is 2.72. The van der Waals surface area contributed by atoms with Gasteiger partial charge in [0.2, 0.25) is 0 Å². The first kappa shape index (κ1) is 43.2. The number of fused-ring (bicyclic) bond motifs is 3. The first-order chi connectivity index (χ1) is 28.4. The third-order valence-corrected chi connectivity index (χ3v) is 33.9. The number of aromatic nitrogens is 1. The van der Waals surface area contributed by atoms with E-state index < -0.39 is 26.5 Å². The molecule has 0 unspecified atom stereocenters. The van der Waals surface area contributed by atoms with E-state index in [-0.39, 0.29) is 10.8 Å². The Hall–Kier alpha value is -3.86. The molecule has 59 heavy (non-hydrogen) atoms. The van der Waals surface area contributed by atoms with Gasteiger partial charge in [0.15, 0.2) is 0 Å². The van der Waals surface area contributed by atoms with Gasteiger partial charge in [-0.25, -0.2) is 0 Å². The molecule has 0 bridgehead atoms. The summed E-state index contributed by atoms with van der Waals surface area (Å²) in [4.78, 5) is 0. The Morgan fingerprint density at radius 2 is 0.814 bits per heavy atom. The molecule has 1 aromatic heterocycles. The van der Waals surface area contributed by atoms with E-state index in [1.165, 1.54) is 111 Å². The minimum absolute atomic E-state index is 0.0677. The molecule has 0 spiro atoms. The molecule has 1 heterocycles. The quantitative estimate of drug-likeness (QED) is 0.0714. The number of nitrogens with zero attached hydrogens (tertiary/aromatic N) is 1. The van der Waals surface area contributed by atoms with Crippen molar-refractivity contribution >= 4 is 72.6 Å². The van der Waals surface area contributed by atoms with E-state index in [1.54, 1.807) is 3.58 Å². The summed E-state index contributed by atoms with van der Waals surface area (Å²) >= 11 is -2.63. The second-order valence-corrected chi connectivity index (χ2v) is 36.5. The van der Waals surface area contributed by atoms with Crippen molar-refractivity contribution in [2.24, 2.45) is 0 Å². The molecule has 1 nitrogen and oxygen atoms in total. The predicted molar refractivity (Wildman–Crippen MR) is 266 cm³/mol. The van der Waals surface area contributed by atoms with E-state index in [0.29, 0.717) is 0 Å². The summed E-state index contributed by atoms with van der Waals surface area (Å²) in [5.41, 5.74) is 6.62. The van der Waals surface area contributed by atoms with Crippen LogP contribution in [0.4, 0.5) is 0 Å². The van der Waals surface area contributed by atoms with Crippen LogP contribution >= 0.6 is 0 Å². The van der Waals surface area contributed by atoms with Gasteiger partial charge >= 0.3 is 277 Å². The summed E-state index contributed by atoms with van der Waals surface area (Å²) in [6.45, 7) is 21.1. The monoisotopic (exact) mass is 903 g/mol. The molecule has 0 aliphatic rings. The standard InChI is InChI=1S/C44H42NSi.3C4H9.Sn/c1-43(2,3)32-22-28-41-39(30-32)40-31-33(44(4,5)6)23-29-42(40)45(41)34-24-26-38(27-25-34)46(35-16-10-7-11-17-35,36-18-12-8-13-19-36)37-20-14-9-15-21-37;3*1-3-4-2;/h7-8,10-31H,1-6H3;3*1,3-4H2,2H3;. The molecular formula is C56H69NSiSn. The zero-order valence-corrected chi connectivity index (χ0v) is 41.5. The fraction of sp³-hybridized carbons (Fsp3) is 0.357. The van der Waals surface area contributed by atoms with Crippen LogP contribution in [0.25, 0.3) is 27.5 Å². The van der Waals surface area contributed by atoms with Crippen molar-refractivity contribution in [2.45, 2.75) is 125 Å². The summed E-state index contributed by atoms with van der Waals surface area (Å²) in [5, 5.41) is 8.44. The maximum atomic E-state index is 2.64. The Balaban J connectivity index is 1.43. The van der Waals surface area contributed by atoms with Crippen molar-refractivity contribution in [1.29, 1.82) is 0 Å². The first-order valence-electron chi connectivity index (χ1n) is 22.8. The van der Waals surface area contributed by atoms with Crippen LogP contribution in [0.1, 0.15) is 112 Å². The van der Waals surface area contributed by atoms with Gasteiger partial charge in [-0.1, -0.05) is 53.7 Å². The first-order valence-corrected chi connectivity index (χ1v) is 32.3. The molecule has 7 aromatic rings. The summed E-state index contributed by atoms with van der Waals surface area (Å²) in [6, 6.07) is 57.5. The summed E-state index contributed by atoms with van der Waals surface area (Å²) in [6.07, 6.45) is 8.04. The molecule has 0 saturated carbocycles. The SMILES string of the molecule is CCC[CH2][Sn]([CH2]CCC)([CH2]CCC)[c]1ccc([Si](c2ccccc2)(c2ccccc2)c2ccc(-n3c4ccc(C(C)(C)C)cc4c4cc(C(C)(C)C)ccc43)cc2)cc1. The molecule has 0 fully saturated rings. The number of hydrogen-bond donors (Lipinski definition) is 0. The van der Waals surface area contributed by atoms with Crippen molar-refractivity contribution < 1.29 is 0 Å². The molecule has 0 amide bonds. The zero-order chi connectivity index (χ0) is 41.8. The Bertz CT molecular complexity index is 2310. The molecule has 0 N–H and O–H groups in total. The minimum atomic E-state index is -2.72. The molecule has 7 rings (SSSR count). The van der Waals surface area contributed by atoms with Gasteiger partial charge in [0.25, 0.3) is 0 Å². The van der Waals surface area contributed by atoms with Gasteiger partial charge in [0.05, 0.1) is 0 Å². The van der Waals surface area contributed by atoms with E-state index in [0.717, 1.165) is 0 Å². The van der Waals surface area contributed by atoms with Crippen molar-refractivity contribution in [3.8, 4) is 5.69 Å². The van der Waals surface area contributed by atoms with Gasteiger partial charge in [0, 0.05) is 0 Å². The van der Waals surface area contributed by atoms with Crippen LogP contribution in [-0.4, -0.2) is 31.0 Å². The number of rotatable bonds is 15. The molecule has 0 atom stereocenters. The van der Waals surface area contributed by atoms with Gasteiger partial charge in [-0.3, -0.25) is 0 Å². The Morgan fingerprint density at radius 1 is 0.441 bits per heavy atom. The fourth-order valence-electron chi connectivity index (χ4n) is 9.90. The molecule has 0 radical (unpaired) electrons. The molecule has 0 aliphatic heterocycles. The zero-order valence-electron chi connectivity index (χ0n) is 37.7. The number of benzene rings is 6. The second-order valence-electron chi connectivity index (χ2n) is 19.5. The Kier molecular flexibility index (Phi) is 13.2. The second kappa shape index (κ2) is 18.0. The van der Waals surface area contributed by atoms with Crippen LogP contribution in [0.15, 0.2) is 146 Å². The van der Waals surface area contributed by atoms with Gasteiger partial charge in [-0.05, 0) is 34.1 Å². The molecule has 0 saturated heterocycles. The Morgan fingerprint density at radius 3 is 1.19 bits per heavy atom. The summed E-state index contributed by atoms with van der Waals surface area (Å²) in [5.74, 6) is 0. The molecule has 3 heteroatoms. The predicted octanol–water partition coefficient (Wildman–Crippen LogP) is 12.8. The van der Waals surface area contributed by atoms with E-state index in [2.05, 4.69) is 212 Å². The normalized spacial score (nSPS) is 12.8. The molecule has 306 valence electrons. The van der Waals surface area contributed by atoms with Crippen molar-refractivity contribution in [1.82, 2.24) is 4.57 Å². The van der Waals surface area contributed by atoms with E-state index in [1.807, 2.05) is 0 Å². The van der Waals surface area contributed by atoms with Crippen LogP contribution in [-0.2, 0) is 10.8 Å².